The maximum atomic E-state index is 13.1. The second kappa shape index (κ2) is 9.79. The van der Waals surface area contributed by atoms with Crippen LogP contribution in [0.2, 0.25) is 0 Å². The Morgan fingerprint density at radius 3 is 2.47 bits per heavy atom. The number of morpholine rings is 1. The van der Waals surface area contributed by atoms with E-state index in [9.17, 15) is 14.4 Å². The SMILES string of the molecule is BC(c1ccc(C(B)(B)Oc2cccc3c2CN(C2CCC(=O)NC2=O)C3=O)cc1)N1CCOCC1. The number of rotatable bonds is 6. The lowest BCUT2D eigenvalue weighted by atomic mass is 9.61. The summed E-state index contributed by atoms with van der Waals surface area (Å²) in [6.45, 7) is 3.70. The molecule has 2 saturated heterocycles. The molecule has 2 unspecified atom stereocenters. The van der Waals surface area contributed by atoms with Gasteiger partial charge in [0, 0.05) is 36.6 Å². The summed E-state index contributed by atoms with van der Waals surface area (Å²) in [5.41, 5.74) is 3.60. The van der Waals surface area contributed by atoms with Crippen molar-refractivity contribution in [3.05, 3.63) is 64.7 Å². The van der Waals surface area contributed by atoms with Gasteiger partial charge in [-0.3, -0.25) is 24.6 Å². The van der Waals surface area contributed by atoms with E-state index in [1.165, 1.54) is 5.56 Å². The molecule has 3 amide bonds. The average molecular weight is 485 g/mol. The number of carbonyl (C=O) groups is 3. The second-order valence-corrected chi connectivity index (χ2v) is 10.2. The van der Waals surface area contributed by atoms with Crippen LogP contribution in [0.25, 0.3) is 0 Å². The molecule has 11 heteroatoms. The number of amides is 3. The summed E-state index contributed by atoms with van der Waals surface area (Å²) in [5.74, 6) is 0.0300. The lowest BCUT2D eigenvalue weighted by Crippen LogP contribution is -2.52. The third kappa shape index (κ3) is 4.69. The highest BCUT2D eigenvalue weighted by Gasteiger charge is 2.40. The first-order valence-corrected chi connectivity index (χ1v) is 12.6. The van der Waals surface area contributed by atoms with E-state index in [0.29, 0.717) is 23.7 Å². The third-order valence-electron chi connectivity index (χ3n) is 7.59. The Bertz CT molecular complexity index is 1180. The molecule has 8 nitrogen and oxygen atoms in total. The first-order valence-electron chi connectivity index (χ1n) is 12.6. The standard InChI is InChI=1S/C25H30B3N3O5/c26-22(30-10-12-35-13-11-30)15-4-6-16(7-5-15)25(27,28)36-20-3-1-2-17-18(20)14-31(24(17)34)19-8-9-21(32)29-23(19)33/h1-7,19,22H,8-14,26-28H2,(H,29,32,33). The number of imide groups is 1. The molecule has 2 fully saturated rings. The van der Waals surface area contributed by atoms with Crippen molar-refractivity contribution in [1.82, 2.24) is 15.1 Å². The molecule has 1 N–H and O–H groups in total. The van der Waals surface area contributed by atoms with E-state index in [1.807, 2.05) is 27.8 Å². The minimum absolute atomic E-state index is 0.204. The van der Waals surface area contributed by atoms with Crippen LogP contribution in [-0.2, 0) is 26.3 Å². The summed E-state index contributed by atoms with van der Waals surface area (Å²) in [6.07, 6.45) is 0.564. The molecule has 2 atom stereocenters. The number of hydrogen-bond acceptors (Lipinski definition) is 6. The maximum absolute atomic E-state index is 13.1. The van der Waals surface area contributed by atoms with Crippen LogP contribution in [0, 0.1) is 0 Å². The van der Waals surface area contributed by atoms with Gasteiger partial charge in [-0.05, 0) is 29.7 Å². The van der Waals surface area contributed by atoms with E-state index in [0.717, 1.165) is 37.4 Å². The Hall–Kier alpha value is -3.04. The predicted molar refractivity (Wildman–Crippen MR) is 142 cm³/mol. The fourth-order valence-corrected chi connectivity index (χ4v) is 5.33. The summed E-state index contributed by atoms with van der Waals surface area (Å²) >= 11 is 0. The maximum Gasteiger partial charge on any atom is 0.255 e. The summed E-state index contributed by atoms with van der Waals surface area (Å²) in [4.78, 5) is 41.1. The first kappa shape index (κ1) is 24.7. The number of fused-ring (bicyclic) bond motifs is 1. The molecule has 3 aliphatic rings. The molecule has 0 saturated carbocycles. The zero-order valence-electron chi connectivity index (χ0n) is 21.1. The Morgan fingerprint density at radius 1 is 1.06 bits per heavy atom. The molecular weight excluding hydrogens is 455 g/mol. The van der Waals surface area contributed by atoms with Crippen molar-refractivity contribution in [3.63, 3.8) is 0 Å². The number of nitrogens with zero attached hydrogens (tertiary/aromatic N) is 2. The van der Waals surface area contributed by atoms with E-state index in [1.54, 1.807) is 11.0 Å². The van der Waals surface area contributed by atoms with Crippen molar-refractivity contribution in [2.24, 2.45) is 0 Å². The van der Waals surface area contributed by atoms with Gasteiger partial charge in [-0.1, -0.05) is 30.3 Å². The number of hydrogen-bond donors (Lipinski definition) is 1. The lowest BCUT2D eigenvalue weighted by molar-refractivity contribution is -0.136. The second-order valence-electron chi connectivity index (χ2n) is 10.2. The summed E-state index contributed by atoms with van der Waals surface area (Å²) < 4.78 is 12.0. The number of nitrogens with one attached hydrogen (secondary N) is 1. The van der Waals surface area contributed by atoms with Crippen LogP contribution in [0.3, 0.4) is 0 Å². The Balaban J connectivity index is 1.32. The number of carbonyl (C=O) groups excluding carboxylic acids is 3. The fourth-order valence-electron chi connectivity index (χ4n) is 5.33. The van der Waals surface area contributed by atoms with Gasteiger partial charge in [0.1, 0.15) is 19.6 Å². The summed E-state index contributed by atoms with van der Waals surface area (Å²) in [7, 11) is 6.25. The van der Waals surface area contributed by atoms with Crippen LogP contribution in [0.15, 0.2) is 42.5 Å². The van der Waals surface area contributed by atoms with Crippen LogP contribution >= 0.6 is 0 Å². The quantitative estimate of drug-likeness (QED) is 0.412. The van der Waals surface area contributed by atoms with Crippen LogP contribution in [0.1, 0.15) is 45.8 Å². The molecular formula is C25H30B3N3O5. The lowest BCUT2D eigenvalue weighted by Gasteiger charge is -2.33. The molecule has 3 heterocycles. The van der Waals surface area contributed by atoms with E-state index in [4.69, 9.17) is 9.47 Å². The van der Waals surface area contributed by atoms with Crippen molar-refractivity contribution in [1.29, 1.82) is 0 Å². The van der Waals surface area contributed by atoms with Gasteiger partial charge >= 0.3 is 0 Å². The number of benzene rings is 2. The normalized spacial score (nSPS) is 21.7. The predicted octanol–water partition coefficient (Wildman–Crippen LogP) is -1.13. The topological polar surface area (TPSA) is 88.2 Å². The number of ether oxygens (including phenoxy) is 2. The van der Waals surface area contributed by atoms with Crippen LogP contribution in [-0.4, -0.2) is 83.4 Å². The minimum atomic E-state index is -0.649. The smallest absolute Gasteiger partial charge is 0.255 e. The van der Waals surface area contributed by atoms with Gasteiger partial charge in [-0.25, -0.2) is 0 Å². The molecule has 0 aliphatic carbocycles. The highest BCUT2D eigenvalue weighted by molar-refractivity contribution is 6.39. The largest absolute Gasteiger partial charge is 0.501 e. The van der Waals surface area contributed by atoms with E-state index in [2.05, 4.69) is 42.3 Å². The van der Waals surface area contributed by atoms with Crippen molar-refractivity contribution >= 4 is 41.3 Å². The molecule has 36 heavy (non-hydrogen) atoms. The highest BCUT2D eigenvalue weighted by Crippen LogP contribution is 2.36. The van der Waals surface area contributed by atoms with Gasteiger partial charge in [-0.15, -0.1) is 0 Å². The van der Waals surface area contributed by atoms with Gasteiger partial charge in [0.05, 0.1) is 25.2 Å². The van der Waals surface area contributed by atoms with E-state index >= 15 is 0 Å². The van der Waals surface area contributed by atoms with Crippen LogP contribution < -0.4 is 10.1 Å². The molecule has 0 radical (unpaired) electrons. The van der Waals surface area contributed by atoms with Crippen molar-refractivity contribution in [2.45, 2.75) is 36.8 Å². The number of piperidine rings is 1. The highest BCUT2D eigenvalue weighted by atomic mass is 16.5. The fraction of sp³-hybridized carbons (Fsp3) is 0.400. The molecule has 3 aliphatic heterocycles. The van der Waals surface area contributed by atoms with Gasteiger partial charge in [0.25, 0.3) is 5.91 Å². The zero-order valence-corrected chi connectivity index (χ0v) is 21.1. The molecule has 0 bridgehead atoms. The van der Waals surface area contributed by atoms with Gasteiger partial charge in [0.15, 0.2) is 15.7 Å². The molecule has 2 aromatic carbocycles. The van der Waals surface area contributed by atoms with E-state index < -0.39 is 17.3 Å². The Kier molecular flexibility index (Phi) is 6.70. The first-order chi connectivity index (χ1) is 17.2. The Labute approximate surface area is 213 Å². The van der Waals surface area contributed by atoms with Crippen LogP contribution in [0.4, 0.5) is 0 Å². The van der Waals surface area contributed by atoms with Crippen LogP contribution in [0.5, 0.6) is 5.75 Å². The van der Waals surface area contributed by atoms with Gasteiger partial charge in [0.2, 0.25) is 11.8 Å². The zero-order chi connectivity index (χ0) is 25.4. The Morgan fingerprint density at radius 2 is 1.78 bits per heavy atom. The molecule has 0 aromatic heterocycles. The van der Waals surface area contributed by atoms with Gasteiger partial charge in [-0.2, -0.15) is 0 Å². The summed E-state index contributed by atoms with van der Waals surface area (Å²) in [5, 5.41) is 1.71. The molecule has 184 valence electrons. The molecule has 2 aromatic rings. The van der Waals surface area contributed by atoms with Crippen molar-refractivity contribution in [2.75, 3.05) is 26.3 Å². The third-order valence-corrected chi connectivity index (χ3v) is 7.59. The molecule has 5 rings (SSSR count). The minimum Gasteiger partial charge on any atom is -0.501 e. The monoisotopic (exact) mass is 485 g/mol. The van der Waals surface area contributed by atoms with E-state index in [-0.39, 0.29) is 24.8 Å². The van der Waals surface area contributed by atoms with Gasteiger partial charge < -0.3 is 14.4 Å². The molecule has 0 spiro atoms. The average Bonchev–Trinajstić information content (AvgIpc) is 3.21. The summed E-state index contributed by atoms with van der Waals surface area (Å²) in [6, 6.07) is 13.3. The van der Waals surface area contributed by atoms with Crippen molar-refractivity contribution in [3.8, 4) is 5.75 Å². The van der Waals surface area contributed by atoms with Crippen molar-refractivity contribution < 1.29 is 23.9 Å².